The molecular formula is C36H52O15. The van der Waals surface area contributed by atoms with Gasteiger partial charge in [0.15, 0.2) is 12.6 Å². The topological polar surface area (TPSA) is 246 Å². The summed E-state index contributed by atoms with van der Waals surface area (Å²) in [6.45, 7) is 2.87. The van der Waals surface area contributed by atoms with Crippen molar-refractivity contribution in [1.29, 1.82) is 0 Å². The summed E-state index contributed by atoms with van der Waals surface area (Å²) in [5.74, 6) is -0.548. The van der Waals surface area contributed by atoms with Crippen molar-refractivity contribution < 1.29 is 69.0 Å². The van der Waals surface area contributed by atoms with Gasteiger partial charge in [0, 0.05) is 17.9 Å². The Morgan fingerprint density at radius 3 is 2.24 bits per heavy atom. The van der Waals surface area contributed by atoms with Crippen LogP contribution in [0.15, 0.2) is 27.6 Å². The quantitative estimate of drug-likeness (QED) is 0.127. The molecule has 1 aromatic rings. The van der Waals surface area contributed by atoms with Crippen LogP contribution in [0.4, 0.5) is 0 Å². The number of hydrogen-bond acceptors (Lipinski definition) is 15. The molecule has 0 spiro atoms. The van der Waals surface area contributed by atoms with E-state index in [9.17, 15) is 50.4 Å². The average molecular weight is 725 g/mol. The Labute approximate surface area is 295 Å². The molecule has 15 heteroatoms. The fourth-order valence-electron chi connectivity index (χ4n) is 11.2. The third-order valence-electron chi connectivity index (χ3n) is 14.1. The first-order valence-corrected chi connectivity index (χ1v) is 18.3. The zero-order chi connectivity index (χ0) is 36.7. The second kappa shape index (κ2) is 13.5. The van der Waals surface area contributed by atoms with Gasteiger partial charge in [0.05, 0.1) is 41.7 Å². The number of aliphatic hydroxyl groups excluding tert-OH is 6. The van der Waals surface area contributed by atoms with Crippen molar-refractivity contribution >= 4 is 6.29 Å². The lowest BCUT2D eigenvalue weighted by atomic mass is 9.41. The summed E-state index contributed by atoms with van der Waals surface area (Å²) in [6, 6.07) is 3.16. The smallest absolute Gasteiger partial charge is 0.335 e. The predicted molar refractivity (Wildman–Crippen MR) is 173 cm³/mol. The maximum absolute atomic E-state index is 13.2. The highest BCUT2D eigenvalue weighted by Gasteiger charge is 2.71. The summed E-state index contributed by atoms with van der Waals surface area (Å²) in [5.41, 5.74) is -3.79. The highest BCUT2D eigenvalue weighted by Crippen LogP contribution is 2.71. The van der Waals surface area contributed by atoms with E-state index in [0.717, 1.165) is 11.8 Å². The second-order valence-corrected chi connectivity index (χ2v) is 16.3. The number of rotatable bonds is 7. The number of carbonyl (C=O) groups excluding carboxylic acids is 1. The molecule has 6 fully saturated rings. The highest BCUT2D eigenvalue weighted by molar-refractivity contribution is 5.64. The molecule has 15 nitrogen and oxygen atoms in total. The second-order valence-electron chi connectivity index (χ2n) is 16.3. The fraction of sp³-hybridized carbons (Fsp3) is 0.833. The zero-order valence-corrected chi connectivity index (χ0v) is 28.9. The van der Waals surface area contributed by atoms with Gasteiger partial charge in [0.2, 0.25) is 0 Å². The van der Waals surface area contributed by atoms with E-state index >= 15 is 0 Å². The van der Waals surface area contributed by atoms with Crippen molar-refractivity contribution in [3.8, 4) is 0 Å². The molecular weight excluding hydrogens is 672 g/mol. The van der Waals surface area contributed by atoms with Gasteiger partial charge in [-0.1, -0.05) is 6.92 Å². The zero-order valence-electron chi connectivity index (χ0n) is 28.9. The Kier molecular flexibility index (Phi) is 9.89. The van der Waals surface area contributed by atoms with Crippen LogP contribution in [-0.2, 0) is 23.7 Å². The molecule has 1 aromatic heterocycles. The fourth-order valence-corrected chi connectivity index (χ4v) is 11.2. The SMILES string of the molecule is C[C@H]1O[C@@H](O[C@H]2[C@H](O)[C@H](O)[C@@H](O[C@H]3CC[C@]4(C=O)C5CC[C@]6(C)[C@@H](c7ccc(=O)oc7)CC[C@]6(O)C5CC[C@]4(O)C3)O[C@H]2CO)[C@H](O)[C@@H](O)[C@@H]1O. The van der Waals surface area contributed by atoms with Crippen LogP contribution in [0.25, 0.3) is 0 Å². The minimum absolute atomic E-state index is 0.0294. The van der Waals surface area contributed by atoms with Gasteiger partial charge in [-0.05, 0) is 87.7 Å². The molecule has 4 aliphatic carbocycles. The summed E-state index contributed by atoms with van der Waals surface area (Å²) >= 11 is 0. The van der Waals surface area contributed by atoms with E-state index in [2.05, 4.69) is 6.92 Å². The van der Waals surface area contributed by atoms with Crippen LogP contribution in [0.1, 0.15) is 83.1 Å². The summed E-state index contributed by atoms with van der Waals surface area (Å²) in [7, 11) is 0. The first-order chi connectivity index (χ1) is 24.1. The van der Waals surface area contributed by atoms with Gasteiger partial charge >= 0.3 is 5.63 Å². The van der Waals surface area contributed by atoms with E-state index in [1.165, 1.54) is 19.3 Å². The molecule has 0 amide bonds. The van der Waals surface area contributed by atoms with Crippen molar-refractivity contribution in [2.45, 2.75) is 156 Å². The van der Waals surface area contributed by atoms with E-state index in [4.69, 9.17) is 23.4 Å². The molecule has 18 atom stereocenters. The van der Waals surface area contributed by atoms with Gasteiger partial charge in [0.25, 0.3) is 0 Å². The molecule has 2 aliphatic heterocycles. The first-order valence-electron chi connectivity index (χ1n) is 18.3. The maximum Gasteiger partial charge on any atom is 0.335 e. The molecule has 2 saturated heterocycles. The lowest BCUT2D eigenvalue weighted by Crippen LogP contribution is -2.69. The van der Waals surface area contributed by atoms with Gasteiger partial charge in [-0.15, -0.1) is 0 Å². The van der Waals surface area contributed by atoms with Crippen molar-refractivity contribution in [3.63, 3.8) is 0 Å². The average Bonchev–Trinajstić information content (AvgIpc) is 3.39. The van der Waals surface area contributed by atoms with Crippen molar-refractivity contribution in [2.75, 3.05) is 6.61 Å². The van der Waals surface area contributed by atoms with Crippen LogP contribution in [0, 0.1) is 22.7 Å². The van der Waals surface area contributed by atoms with E-state index in [1.54, 1.807) is 6.07 Å². The van der Waals surface area contributed by atoms with E-state index < -0.39 is 102 Å². The van der Waals surface area contributed by atoms with Crippen LogP contribution < -0.4 is 5.63 Å². The normalized spacial score (nSPS) is 52.7. The summed E-state index contributed by atoms with van der Waals surface area (Å²) < 4.78 is 28.3. The van der Waals surface area contributed by atoms with Crippen LogP contribution >= 0.6 is 0 Å². The molecule has 2 unspecified atom stereocenters. The highest BCUT2D eigenvalue weighted by atomic mass is 16.7. The number of aldehydes is 1. The largest absolute Gasteiger partial charge is 0.431 e. The summed E-state index contributed by atoms with van der Waals surface area (Å²) in [5, 5.41) is 87.7. The number of aliphatic hydroxyl groups is 8. The van der Waals surface area contributed by atoms with Crippen LogP contribution in [0.5, 0.6) is 0 Å². The minimum Gasteiger partial charge on any atom is -0.431 e. The van der Waals surface area contributed by atoms with E-state index in [0.29, 0.717) is 38.5 Å². The molecule has 51 heavy (non-hydrogen) atoms. The van der Waals surface area contributed by atoms with Gasteiger partial charge in [-0.25, -0.2) is 4.79 Å². The van der Waals surface area contributed by atoms with Gasteiger partial charge in [0.1, 0.15) is 49.0 Å². The van der Waals surface area contributed by atoms with Gasteiger partial charge in [-0.3, -0.25) is 0 Å². The molecule has 8 N–H and O–H groups in total. The summed E-state index contributed by atoms with van der Waals surface area (Å²) in [6.07, 6.45) is -9.09. The molecule has 0 aromatic carbocycles. The Morgan fingerprint density at radius 2 is 1.55 bits per heavy atom. The van der Waals surface area contributed by atoms with Crippen LogP contribution in [0.3, 0.4) is 0 Å². The molecule has 4 saturated carbocycles. The van der Waals surface area contributed by atoms with Crippen molar-refractivity contribution in [1.82, 2.24) is 0 Å². The molecule has 3 heterocycles. The van der Waals surface area contributed by atoms with Crippen LogP contribution in [0.2, 0.25) is 0 Å². The lowest BCUT2D eigenvalue weighted by Gasteiger charge is -2.65. The Hall–Kier alpha value is -1.86. The predicted octanol–water partition coefficient (Wildman–Crippen LogP) is -0.788. The van der Waals surface area contributed by atoms with Crippen LogP contribution in [-0.4, -0.2) is 132 Å². The first kappa shape index (κ1) is 37.5. The molecule has 6 aliphatic rings. The standard InChI is InChI=1S/C36H52O15/c1-17-25(40)26(41)28(43)31(48-17)51-30-23(14-37)50-32(29(44)27(30)42)49-19-5-10-34(16-38)21-6-9-33(2)20(18-3-4-24(39)47-15-18)8-12-36(33,46)22(21)7-11-35(34,45)13-19/h3-4,15-17,19-23,25-32,37,40-46H,5-14H2,1-2H3/t17-,19+,20-,21?,22?,23+,25-,26+,27-,28-,29+,30-,31+,32+,33-,34+,35+,36+/m1/s1. The number of carbonyl (C=O) groups is 1. The number of ether oxygens (including phenoxy) is 4. The number of fused-ring (bicyclic) bond motifs is 5. The Bertz CT molecular complexity index is 1470. The third kappa shape index (κ3) is 5.70. The van der Waals surface area contributed by atoms with E-state index in [1.807, 2.05) is 0 Å². The lowest BCUT2D eigenvalue weighted by molar-refractivity contribution is -0.363. The molecule has 286 valence electrons. The Balaban J connectivity index is 1.04. The third-order valence-corrected chi connectivity index (χ3v) is 14.1. The monoisotopic (exact) mass is 724 g/mol. The van der Waals surface area contributed by atoms with Crippen molar-refractivity contribution in [2.24, 2.45) is 22.7 Å². The van der Waals surface area contributed by atoms with Crippen molar-refractivity contribution in [3.05, 3.63) is 34.4 Å². The summed E-state index contributed by atoms with van der Waals surface area (Å²) in [4.78, 5) is 24.8. The maximum atomic E-state index is 13.2. The molecule has 0 bridgehead atoms. The molecule has 7 rings (SSSR count). The van der Waals surface area contributed by atoms with Gasteiger partial charge in [-0.2, -0.15) is 0 Å². The Morgan fingerprint density at radius 1 is 0.843 bits per heavy atom. The number of hydrogen-bond donors (Lipinski definition) is 8. The molecule has 0 radical (unpaired) electrons. The van der Waals surface area contributed by atoms with Gasteiger partial charge < -0.3 is 69.0 Å². The van der Waals surface area contributed by atoms with E-state index in [-0.39, 0.29) is 37.0 Å². The minimum atomic E-state index is -1.69.